The maximum atomic E-state index is 11.9. The average molecular weight is 284 g/mol. The monoisotopic (exact) mass is 284 g/mol. The second-order valence-corrected chi connectivity index (χ2v) is 4.84. The number of carbonyl (C=O) groups is 1. The van der Waals surface area contributed by atoms with Crippen LogP contribution >= 0.6 is 0 Å². The van der Waals surface area contributed by atoms with Crippen LogP contribution in [0.4, 0.5) is 0 Å². The first kappa shape index (κ1) is 13.6. The molecular weight excluding hydrogens is 268 g/mol. The Balaban J connectivity index is 1.53. The topological polar surface area (TPSA) is 48.1 Å². The second kappa shape index (κ2) is 5.97. The smallest absolute Gasteiger partial charge is 0.338 e. The van der Waals surface area contributed by atoms with E-state index >= 15 is 0 Å². The Morgan fingerprint density at radius 1 is 1.10 bits per heavy atom. The Kier molecular flexibility index (Phi) is 3.88. The first-order valence-corrected chi connectivity index (χ1v) is 6.78. The molecule has 0 saturated carbocycles. The highest BCUT2D eigenvalue weighted by Gasteiger charge is 2.47. The third-order valence-corrected chi connectivity index (χ3v) is 3.39. The van der Waals surface area contributed by atoms with E-state index < -0.39 is 6.10 Å². The number of rotatable bonds is 5. The van der Waals surface area contributed by atoms with Gasteiger partial charge in [-0.25, -0.2) is 4.79 Å². The number of methoxy groups -OCH3 is 1. The van der Waals surface area contributed by atoms with Crippen LogP contribution in [0.15, 0.2) is 54.6 Å². The van der Waals surface area contributed by atoms with Crippen molar-refractivity contribution >= 4 is 5.97 Å². The summed E-state index contributed by atoms with van der Waals surface area (Å²) in [5.41, 5.74) is 1.92. The zero-order chi connectivity index (χ0) is 14.7. The summed E-state index contributed by atoms with van der Waals surface area (Å²) in [6, 6.07) is 17.1. The summed E-state index contributed by atoms with van der Waals surface area (Å²) in [4.78, 5) is 11.9. The zero-order valence-electron chi connectivity index (χ0n) is 11.7. The van der Waals surface area contributed by atoms with Gasteiger partial charge in [0.1, 0.15) is 18.5 Å². The van der Waals surface area contributed by atoms with Crippen LogP contribution in [-0.2, 0) is 20.9 Å². The lowest BCUT2D eigenvalue weighted by Gasteiger charge is -2.03. The minimum Gasteiger partial charge on any atom is -0.497 e. The Morgan fingerprint density at radius 3 is 2.48 bits per heavy atom. The molecule has 1 aliphatic heterocycles. The number of esters is 1. The quantitative estimate of drug-likeness (QED) is 0.625. The molecule has 0 amide bonds. The van der Waals surface area contributed by atoms with E-state index in [2.05, 4.69) is 0 Å². The standard InChI is InChI=1S/C17H16O4/c1-19-14-9-7-13(8-10-14)15-16(21-15)17(18)20-11-12-5-3-2-4-6-12/h2-10,15-16H,11H2,1H3/t15-,16+/m0/s1. The Hall–Kier alpha value is -2.33. The van der Waals surface area contributed by atoms with Gasteiger partial charge in [0, 0.05) is 0 Å². The van der Waals surface area contributed by atoms with Crippen LogP contribution in [0.1, 0.15) is 17.2 Å². The van der Waals surface area contributed by atoms with E-state index in [0.717, 1.165) is 16.9 Å². The number of hydrogen-bond donors (Lipinski definition) is 0. The molecule has 3 rings (SSSR count). The van der Waals surface area contributed by atoms with Crippen molar-refractivity contribution in [1.82, 2.24) is 0 Å². The molecule has 1 aliphatic rings. The molecule has 0 aromatic heterocycles. The predicted octanol–water partition coefficient (Wildman–Crippen LogP) is 2.88. The van der Waals surface area contributed by atoms with E-state index in [4.69, 9.17) is 14.2 Å². The van der Waals surface area contributed by atoms with Gasteiger partial charge in [0.2, 0.25) is 0 Å². The molecule has 0 unspecified atom stereocenters. The molecule has 4 heteroatoms. The van der Waals surface area contributed by atoms with Gasteiger partial charge in [-0.15, -0.1) is 0 Å². The molecule has 0 spiro atoms. The number of carbonyl (C=O) groups excluding carboxylic acids is 1. The van der Waals surface area contributed by atoms with Gasteiger partial charge in [0.15, 0.2) is 6.10 Å². The van der Waals surface area contributed by atoms with Gasteiger partial charge in [-0.3, -0.25) is 0 Å². The fraction of sp³-hybridized carbons (Fsp3) is 0.235. The second-order valence-electron chi connectivity index (χ2n) is 4.84. The zero-order valence-corrected chi connectivity index (χ0v) is 11.7. The predicted molar refractivity (Wildman–Crippen MR) is 76.8 cm³/mol. The highest BCUT2D eigenvalue weighted by Crippen LogP contribution is 2.40. The molecule has 108 valence electrons. The van der Waals surface area contributed by atoms with Crippen LogP contribution in [0.25, 0.3) is 0 Å². The van der Waals surface area contributed by atoms with Gasteiger partial charge in [-0.05, 0) is 23.3 Å². The first-order valence-electron chi connectivity index (χ1n) is 6.78. The molecular formula is C17H16O4. The van der Waals surface area contributed by atoms with E-state index in [0.29, 0.717) is 0 Å². The van der Waals surface area contributed by atoms with Gasteiger partial charge >= 0.3 is 5.97 Å². The van der Waals surface area contributed by atoms with Gasteiger partial charge in [-0.1, -0.05) is 42.5 Å². The van der Waals surface area contributed by atoms with E-state index in [-0.39, 0.29) is 18.7 Å². The third-order valence-electron chi connectivity index (χ3n) is 3.39. The summed E-state index contributed by atoms with van der Waals surface area (Å²) in [6.45, 7) is 0.273. The van der Waals surface area contributed by atoms with Crippen LogP contribution in [0.3, 0.4) is 0 Å². The molecule has 1 fully saturated rings. The number of hydrogen-bond acceptors (Lipinski definition) is 4. The van der Waals surface area contributed by atoms with E-state index in [1.807, 2.05) is 54.6 Å². The Morgan fingerprint density at radius 2 is 1.81 bits per heavy atom. The molecule has 2 atom stereocenters. The fourth-order valence-corrected chi connectivity index (χ4v) is 2.15. The van der Waals surface area contributed by atoms with Crippen molar-refractivity contribution in [2.24, 2.45) is 0 Å². The lowest BCUT2D eigenvalue weighted by atomic mass is 10.1. The highest BCUT2D eigenvalue weighted by atomic mass is 16.6. The first-order chi connectivity index (χ1) is 10.3. The molecule has 0 aliphatic carbocycles. The molecule has 0 radical (unpaired) electrons. The summed E-state index contributed by atoms with van der Waals surface area (Å²) in [5.74, 6) is 0.460. The largest absolute Gasteiger partial charge is 0.497 e. The fourth-order valence-electron chi connectivity index (χ4n) is 2.15. The summed E-state index contributed by atoms with van der Waals surface area (Å²) >= 11 is 0. The lowest BCUT2D eigenvalue weighted by Crippen LogP contribution is -2.12. The minimum atomic E-state index is -0.498. The molecule has 21 heavy (non-hydrogen) atoms. The van der Waals surface area contributed by atoms with Crippen molar-refractivity contribution in [2.75, 3.05) is 7.11 Å². The third kappa shape index (κ3) is 3.23. The number of epoxide rings is 1. The van der Waals surface area contributed by atoms with Gasteiger partial charge < -0.3 is 14.2 Å². The van der Waals surface area contributed by atoms with Crippen molar-refractivity contribution in [2.45, 2.75) is 18.8 Å². The highest BCUT2D eigenvalue weighted by molar-refractivity contribution is 5.78. The van der Waals surface area contributed by atoms with Crippen molar-refractivity contribution in [3.05, 3.63) is 65.7 Å². The molecule has 1 saturated heterocycles. The molecule has 1 heterocycles. The van der Waals surface area contributed by atoms with Crippen LogP contribution in [-0.4, -0.2) is 19.2 Å². The van der Waals surface area contributed by atoms with Gasteiger partial charge in [0.25, 0.3) is 0 Å². The lowest BCUT2D eigenvalue weighted by molar-refractivity contribution is -0.146. The summed E-state index contributed by atoms with van der Waals surface area (Å²) in [6.07, 6.45) is -0.707. The van der Waals surface area contributed by atoms with Crippen LogP contribution in [0, 0.1) is 0 Å². The van der Waals surface area contributed by atoms with Crippen LogP contribution in [0.5, 0.6) is 5.75 Å². The normalized spacial score (nSPS) is 19.9. The van der Waals surface area contributed by atoms with Crippen molar-refractivity contribution < 1.29 is 19.0 Å². The van der Waals surface area contributed by atoms with Gasteiger partial charge in [-0.2, -0.15) is 0 Å². The number of ether oxygens (including phenoxy) is 3. The van der Waals surface area contributed by atoms with Crippen LogP contribution in [0.2, 0.25) is 0 Å². The van der Waals surface area contributed by atoms with Crippen molar-refractivity contribution in [3.63, 3.8) is 0 Å². The van der Waals surface area contributed by atoms with Crippen molar-refractivity contribution in [1.29, 1.82) is 0 Å². The SMILES string of the molecule is COc1ccc([C@@H]2O[C@H]2C(=O)OCc2ccccc2)cc1. The molecule has 2 aromatic rings. The van der Waals surface area contributed by atoms with E-state index in [9.17, 15) is 4.79 Å². The Bertz CT molecular complexity index is 606. The maximum absolute atomic E-state index is 11.9. The molecule has 0 N–H and O–H groups in total. The molecule has 2 aromatic carbocycles. The van der Waals surface area contributed by atoms with Gasteiger partial charge in [0.05, 0.1) is 7.11 Å². The van der Waals surface area contributed by atoms with Crippen molar-refractivity contribution in [3.8, 4) is 5.75 Å². The number of benzene rings is 2. The van der Waals surface area contributed by atoms with E-state index in [1.165, 1.54) is 0 Å². The summed E-state index contributed by atoms with van der Waals surface area (Å²) in [7, 11) is 1.62. The average Bonchev–Trinajstić information content (AvgIpc) is 3.34. The summed E-state index contributed by atoms with van der Waals surface area (Å²) in [5, 5.41) is 0. The Labute approximate surface area is 123 Å². The maximum Gasteiger partial charge on any atom is 0.338 e. The molecule has 0 bridgehead atoms. The minimum absolute atomic E-state index is 0.209. The van der Waals surface area contributed by atoms with Crippen LogP contribution < -0.4 is 4.74 Å². The summed E-state index contributed by atoms with van der Waals surface area (Å²) < 4.78 is 15.8. The molecule has 4 nitrogen and oxygen atoms in total. The van der Waals surface area contributed by atoms with E-state index in [1.54, 1.807) is 7.11 Å².